The average Bonchev–Trinajstić information content (AvgIpc) is 2.39. The van der Waals surface area contributed by atoms with Gasteiger partial charge in [-0.05, 0) is 39.2 Å². The molecule has 1 aromatic carbocycles. The van der Waals surface area contributed by atoms with Crippen molar-refractivity contribution < 1.29 is 27.6 Å². The second-order valence-electron chi connectivity index (χ2n) is 7.97. The van der Waals surface area contributed by atoms with Crippen molar-refractivity contribution in [3.63, 3.8) is 0 Å². The van der Waals surface area contributed by atoms with Crippen molar-refractivity contribution in [2.45, 2.75) is 64.3 Å². The molecule has 0 unspecified atom stereocenters. The number of hydrogen-bond donors (Lipinski definition) is 4. The second-order valence-corrected chi connectivity index (χ2v) is 9.36. The van der Waals surface area contributed by atoms with Crippen LogP contribution in [0.25, 0.3) is 0 Å². The maximum absolute atomic E-state index is 12.0. The molecule has 0 bridgehead atoms. The smallest absolute Gasteiger partial charge is 0.411 e. The van der Waals surface area contributed by atoms with Gasteiger partial charge in [0.15, 0.2) is 5.75 Å². The number of carbonyl (C=O) groups excluding carboxylic acids is 1. The maximum Gasteiger partial charge on any atom is 0.411 e. The van der Waals surface area contributed by atoms with Gasteiger partial charge in [0, 0.05) is 11.1 Å². The second kappa shape index (κ2) is 7.32. The van der Waals surface area contributed by atoms with E-state index in [1.54, 1.807) is 27.7 Å². The van der Waals surface area contributed by atoms with Crippen LogP contribution >= 0.6 is 0 Å². The van der Waals surface area contributed by atoms with Crippen LogP contribution in [0.5, 0.6) is 5.75 Å². The van der Waals surface area contributed by atoms with E-state index in [1.807, 2.05) is 20.8 Å². The van der Waals surface area contributed by atoms with E-state index in [2.05, 4.69) is 10.6 Å². The predicted octanol–water partition coefficient (Wildman–Crippen LogP) is 3.72. The van der Waals surface area contributed by atoms with E-state index in [1.165, 1.54) is 0 Å². The molecule has 26 heavy (non-hydrogen) atoms. The van der Waals surface area contributed by atoms with Gasteiger partial charge in [0.05, 0.1) is 18.0 Å². The Kier molecular flexibility index (Phi) is 6.20. The van der Waals surface area contributed by atoms with Crippen molar-refractivity contribution in [1.29, 1.82) is 0 Å². The average molecular weight is 388 g/mol. The summed E-state index contributed by atoms with van der Waals surface area (Å²) >= 11 is 0. The number of amides is 1. The minimum Gasteiger partial charge on any atom is -0.504 e. The Morgan fingerprint density at radius 2 is 1.73 bits per heavy atom. The number of aromatic hydroxyl groups is 1. The van der Waals surface area contributed by atoms with Crippen molar-refractivity contribution in [3.8, 4) is 5.75 Å². The fourth-order valence-corrected chi connectivity index (χ4v) is 3.42. The molecule has 0 aliphatic carbocycles. The lowest BCUT2D eigenvalue weighted by Crippen LogP contribution is -2.28. The van der Waals surface area contributed by atoms with Crippen molar-refractivity contribution in [2.24, 2.45) is 0 Å². The fourth-order valence-electron chi connectivity index (χ4n) is 2.49. The molecule has 1 amide bonds. The van der Waals surface area contributed by atoms with Gasteiger partial charge in [0.2, 0.25) is 0 Å². The van der Waals surface area contributed by atoms with Crippen molar-refractivity contribution >= 4 is 27.6 Å². The number of ether oxygens (including phenoxy) is 1. The van der Waals surface area contributed by atoms with Crippen LogP contribution in [-0.4, -0.2) is 36.3 Å². The highest BCUT2D eigenvalue weighted by atomic mass is 32.2. The van der Waals surface area contributed by atoms with E-state index in [0.717, 1.165) is 6.07 Å². The summed E-state index contributed by atoms with van der Waals surface area (Å²) in [5, 5.41) is 16.1. The van der Waals surface area contributed by atoms with Crippen molar-refractivity contribution in [3.05, 3.63) is 11.6 Å². The van der Waals surface area contributed by atoms with Crippen LogP contribution < -0.4 is 10.6 Å². The number of rotatable bonds is 4. The molecule has 1 aromatic rings. The summed E-state index contributed by atoms with van der Waals surface area (Å²) in [6, 6.07) is 1.16. The van der Waals surface area contributed by atoms with E-state index in [4.69, 9.17) is 4.74 Å². The number of phenols is 1. The van der Waals surface area contributed by atoms with Crippen LogP contribution in [0.4, 0.5) is 16.2 Å². The highest BCUT2D eigenvalue weighted by molar-refractivity contribution is 7.86. The zero-order chi connectivity index (χ0) is 20.5. The van der Waals surface area contributed by atoms with Gasteiger partial charge in [-0.2, -0.15) is 8.42 Å². The molecule has 0 radical (unpaired) electrons. The van der Waals surface area contributed by atoms with Crippen LogP contribution in [-0.2, 0) is 20.3 Å². The molecule has 0 atom stereocenters. The molecule has 0 heterocycles. The third kappa shape index (κ3) is 5.50. The number of benzene rings is 1. The molecule has 4 N–H and O–H groups in total. The molecule has 148 valence electrons. The molecule has 0 aromatic heterocycles. The zero-order valence-electron chi connectivity index (χ0n) is 16.2. The third-order valence-corrected chi connectivity index (χ3v) is 4.18. The standard InChI is InChI=1S/C17H28N2O6S/c1-8-25-15(21)18-13-12(16(2,3)4)11(26(22,23)24)9-10(14(13)20)19-17(5,6)7/h9,19-20H,8H2,1-7H3,(H,18,21)(H,22,23,24). The number of phenolic OH excluding ortho intramolecular Hbond substituents is 1. The van der Waals surface area contributed by atoms with E-state index in [-0.39, 0.29) is 29.3 Å². The first kappa shape index (κ1) is 22.0. The lowest BCUT2D eigenvalue weighted by Gasteiger charge is -2.29. The van der Waals surface area contributed by atoms with Crippen molar-refractivity contribution in [2.75, 3.05) is 17.2 Å². The number of anilines is 2. The van der Waals surface area contributed by atoms with E-state index < -0.39 is 32.1 Å². The van der Waals surface area contributed by atoms with Gasteiger partial charge >= 0.3 is 6.09 Å². The molecule has 8 nitrogen and oxygen atoms in total. The largest absolute Gasteiger partial charge is 0.504 e. The highest BCUT2D eigenvalue weighted by Gasteiger charge is 2.33. The maximum atomic E-state index is 12.0. The Bertz CT molecular complexity index is 789. The Morgan fingerprint density at radius 1 is 1.19 bits per heavy atom. The van der Waals surface area contributed by atoms with Crippen LogP contribution in [0.15, 0.2) is 11.0 Å². The summed E-state index contributed by atoms with van der Waals surface area (Å²) in [5.74, 6) is -0.342. The molecule has 1 rings (SSSR count). The number of hydrogen-bond acceptors (Lipinski definition) is 6. The summed E-state index contributed by atoms with van der Waals surface area (Å²) in [6.07, 6.45) is -0.845. The Hall–Kier alpha value is -2.00. The molecule has 0 aliphatic rings. The van der Waals surface area contributed by atoms with Gasteiger partial charge in [-0.3, -0.25) is 9.87 Å². The molecule has 9 heteroatoms. The lowest BCUT2D eigenvalue weighted by atomic mass is 9.85. The number of carbonyl (C=O) groups is 1. The summed E-state index contributed by atoms with van der Waals surface area (Å²) in [4.78, 5) is 11.5. The monoisotopic (exact) mass is 388 g/mol. The Balaban J connectivity index is 3.85. The first-order chi connectivity index (χ1) is 11.6. The van der Waals surface area contributed by atoms with Crippen LogP contribution in [0.3, 0.4) is 0 Å². The molecule has 0 aliphatic heterocycles. The highest BCUT2D eigenvalue weighted by Crippen LogP contribution is 2.45. The third-order valence-electron chi connectivity index (χ3n) is 3.30. The quantitative estimate of drug-likeness (QED) is 0.457. The van der Waals surface area contributed by atoms with Gasteiger partial charge in [-0.1, -0.05) is 20.8 Å². The molecular weight excluding hydrogens is 360 g/mol. The lowest BCUT2D eigenvalue weighted by molar-refractivity contribution is 0.167. The summed E-state index contributed by atoms with van der Waals surface area (Å²) in [6.45, 7) is 12.3. The van der Waals surface area contributed by atoms with Gasteiger partial charge in [0.1, 0.15) is 4.90 Å². The van der Waals surface area contributed by atoms with Crippen molar-refractivity contribution in [1.82, 2.24) is 0 Å². The van der Waals surface area contributed by atoms with Crippen LogP contribution in [0.1, 0.15) is 54.0 Å². The predicted molar refractivity (Wildman–Crippen MR) is 101 cm³/mol. The van der Waals surface area contributed by atoms with Gasteiger partial charge in [-0.15, -0.1) is 0 Å². The van der Waals surface area contributed by atoms with Crippen LogP contribution in [0, 0.1) is 0 Å². The first-order valence-electron chi connectivity index (χ1n) is 8.18. The van der Waals surface area contributed by atoms with E-state index in [0.29, 0.717) is 0 Å². The summed E-state index contributed by atoms with van der Waals surface area (Å²) < 4.78 is 38.6. The fraction of sp³-hybridized carbons (Fsp3) is 0.588. The topological polar surface area (TPSA) is 125 Å². The minimum atomic E-state index is -4.63. The molecule has 0 spiro atoms. The van der Waals surface area contributed by atoms with Gasteiger partial charge in [0.25, 0.3) is 10.1 Å². The number of nitrogens with one attached hydrogen (secondary N) is 2. The molecular formula is C17H28N2O6S. The first-order valence-corrected chi connectivity index (χ1v) is 9.62. The minimum absolute atomic E-state index is 0.0601. The molecule has 0 saturated carbocycles. The normalized spacial score (nSPS) is 12.6. The molecule has 0 saturated heterocycles. The van der Waals surface area contributed by atoms with E-state index in [9.17, 15) is 22.9 Å². The summed E-state index contributed by atoms with van der Waals surface area (Å²) in [5.41, 5.74) is -1.33. The summed E-state index contributed by atoms with van der Waals surface area (Å²) in [7, 11) is -4.63. The van der Waals surface area contributed by atoms with Gasteiger partial charge in [-0.25, -0.2) is 4.79 Å². The van der Waals surface area contributed by atoms with Gasteiger partial charge < -0.3 is 15.2 Å². The Morgan fingerprint density at radius 3 is 2.12 bits per heavy atom. The Labute approximate surface area is 154 Å². The SMILES string of the molecule is CCOC(=O)Nc1c(O)c(NC(C)(C)C)cc(S(=O)(=O)O)c1C(C)(C)C. The van der Waals surface area contributed by atoms with Crippen LogP contribution in [0.2, 0.25) is 0 Å². The van der Waals surface area contributed by atoms with E-state index >= 15 is 0 Å². The molecule has 0 fully saturated rings. The zero-order valence-corrected chi connectivity index (χ0v) is 17.0.